The second-order valence-corrected chi connectivity index (χ2v) is 7.91. The van der Waals surface area contributed by atoms with Crippen LogP contribution in [0.4, 0.5) is 24.5 Å². The van der Waals surface area contributed by atoms with E-state index in [-0.39, 0.29) is 5.70 Å². The van der Waals surface area contributed by atoms with Crippen molar-refractivity contribution in [1.29, 1.82) is 5.41 Å². The molecule has 170 valence electrons. The molecule has 0 radical (unpaired) electrons. The van der Waals surface area contributed by atoms with Gasteiger partial charge in [0.15, 0.2) is 0 Å². The Hall–Kier alpha value is -3.29. The Morgan fingerprint density at radius 1 is 0.909 bits per heavy atom. The van der Waals surface area contributed by atoms with Gasteiger partial charge in [0.2, 0.25) is 0 Å². The van der Waals surface area contributed by atoms with Gasteiger partial charge in [-0.3, -0.25) is 10.2 Å². The molecule has 0 fully saturated rings. The summed E-state index contributed by atoms with van der Waals surface area (Å²) in [5.41, 5.74) is 0.845. The molecule has 0 atom stereocenters. The van der Waals surface area contributed by atoms with Crippen LogP contribution in [0.5, 0.6) is 0 Å². The minimum atomic E-state index is -4.82. The molecular formula is C24H18Cl2F3N3O. The summed E-state index contributed by atoms with van der Waals surface area (Å²) in [5, 5.41) is 13.7. The summed E-state index contributed by atoms with van der Waals surface area (Å²) < 4.78 is 39.0. The molecule has 0 aromatic heterocycles. The number of hydrogen-bond donors (Lipinski definition) is 3. The number of benzene rings is 3. The van der Waals surface area contributed by atoms with Crippen LogP contribution >= 0.6 is 23.2 Å². The fraction of sp³-hybridized carbons (Fsp3) is 0.0833. The summed E-state index contributed by atoms with van der Waals surface area (Å²) >= 11 is 12.1. The third-order valence-electron chi connectivity index (χ3n) is 4.64. The normalized spacial score (nSPS) is 11.8. The molecule has 3 aromatic carbocycles. The molecule has 3 aromatic rings. The van der Waals surface area contributed by atoms with Crippen molar-refractivity contribution in [3.63, 3.8) is 0 Å². The lowest BCUT2D eigenvalue weighted by Gasteiger charge is -2.15. The van der Waals surface area contributed by atoms with Gasteiger partial charge < -0.3 is 10.6 Å². The number of allylic oxidation sites excluding steroid dienone is 1. The van der Waals surface area contributed by atoms with Crippen LogP contribution < -0.4 is 10.6 Å². The molecule has 0 unspecified atom stereocenters. The van der Waals surface area contributed by atoms with Gasteiger partial charge in [-0.2, -0.15) is 13.2 Å². The Morgan fingerprint density at radius 2 is 1.55 bits per heavy atom. The highest BCUT2D eigenvalue weighted by Gasteiger charge is 2.33. The number of alkyl halides is 3. The number of carbonyl (C=O) groups excluding carboxylic acids is 1. The highest BCUT2D eigenvalue weighted by Crippen LogP contribution is 2.28. The van der Waals surface area contributed by atoms with Crippen molar-refractivity contribution in [2.24, 2.45) is 0 Å². The maximum Gasteiger partial charge on any atom is 0.432 e. The number of carbonyl (C=O) groups is 1. The number of nitrogens with one attached hydrogen (secondary N) is 3. The first-order valence-electron chi connectivity index (χ1n) is 9.61. The number of hydrogen-bond acceptors (Lipinski definition) is 3. The van der Waals surface area contributed by atoms with Crippen molar-refractivity contribution >= 4 is 51.9 Å². The molecule has 9 heteroatoms. The molecule has 1 amide bonds. The predicted octanol–water partition coefficient (Wildman–Crippen LogP) is 7.59. The number of anilines is 2. The number of halogens is 5. The molecule has 0 aliphatic heterocycles. The van der Waals surface area contributed by atoms with Gasteiger partial charge in [-0.05, 0) is 60.5 Å². The van der Waals surface area contributed by atoms with Crippen LogP contribution in [-0.2, 0) is 0 Å². The Bertz CT molecular complexity index is 1220. The van der Waals surface area contributed by atoms with E-state index in [0.717, 1.165) is 5.56 Å². The Balaban J connectivity index is 1.89. The zero-order valence-corrected chi connectivity index (χ0v) is 18.7. The van der Waals surface area contributed by atoms with E-state index in [2.05, 4.69) is 10.6 Å². The number of aryl methyl sites for hydroxylation is 1. The van der Waals surface area contributed by atoms with Crippen LogP contribution in [0, 0.1) is 12.3 Å². The van der Waals surface area contributed by atoms with Crippen LogP contribution in [0.3, 0.4) is 0 Å². The third kappa shape index (κ3) is 6.37. The first-order chi connectivity index (χ1) is 15.5. The second kappa shape index (κ2) is 10.1. The lowest BCUT2D eigenvalue weighted by molar-refractivity contribution is -0.0583. The smallest absolute Gasteiger partial charge is 0.354 e. The van der Waals surface area contributed by atoms with Crippen molar-refractivity contribution in [3.05, 3.63) is 99.5 Å². The fourth-order valence-electron chi connectivity index (χ4n) is 2.85. The Morgan fingerprint density at radius 3 is 2.18 bits per heavy atom. The van der Waals surface area contributed by atoms with E-state index in [1.54, 1.807) is 42.5 Å². The average molecular weight is 492 g/mol. The van der Waals surface area contributed by atoms with Gasteiger partial charge in [0.25, 0.3) is 5.91 Å². The summed E-state index contributed by atoms with van der Waals surface area (Å²) in [4.78, 5) is 12.6. The molecule has 4 nitrogen and oxygen atoms in total. The summed E-state index contributed by atoms with van der Waals surface area (Å²) in [6.07, 6.45) is -4.14. The first-order valence-corrected chi connectivity index (χ1v) is 10.4. The minimum absolute atomic E-state index is 0.00284. The molecule has 3 N–H and O–H groups in total. The van der Waals surface area contributed by atoms with Gasteiger partial charge in [0, 0.05) is 22.0 Å². The van der Waals surface area contributed by atoms with E-state index < -0.39 is 17.8 Å². The molecule has 33 heavy (non-hydrogen) atoms. The quantitative estimate of drug-likeness (QED) is 0.311. The van der Waals surface area contributed by atoms with Crippen LogP contribution in [0.15, 0.2) is 72.8 Å². The number of amides is 1. The maximum absolute atomic E-state index is 13.0. The molecule has 0 spiro atoms. The van der Waals surface area contributed by atoms with Crippen LogP contribution in [0.25, 0.3) is 5.70 Å². The first kappa shape index (κ1) is 24.4. The topological polar surface area (TPSA) is 65.0 Å². The molecule has 0 saturated carbocycles. The Labute approximate surface area is 198 Å². The van der Waals surface area contributed by atoms with E-state index in [1.165, 1.54) is 24.3 Å². The molecule has 3 rings (SSSR count). The molecule has 0 heterocycles. The van der Waals surface area contributed by atoms with Crippen molar-refractivity contribution in [2.75, 3.05) is 10.6 Å². The standard InChI is InChI=1S/C24H18Cl2F3N3O/c1-14-6-11-17(25)12-20(14)32-23(33)16-9-7-15(8-10-16)21(13-22(30)24(27,28)29)31-19-5-3-2-4-18(19)26/h2-13,30-31H,1H3,(H,32,33)/b21-13-,30-22?. The van der Waals surface area contributed by atoms with E-state index in [4.69, 9.17) is 28.6 Å². The van der Waals surface area contributed by atoms with Crippen LogP contribution in [0.2, 0.25) is 10.0 Å². The fourth-order valence-corrected chi connectivity index (χ4v) is 3.21. The summed E-state index contributed by atoms with van der Waals surface area (Å²) in [5.74, 6) is -0.403. The van der Waals surface area contributed by atoms with Gasteiger partial charge in [0.1, 0.15) is 5.71 Å². The van der Waals surface area contributed by atoms with Crippen molar-refractivity contribution < 1.29 is 18.0 Å². The van der Waals surface area contributed by atoms with E-state index in [9.17, 15) is 18.0 Å². The molecule has 0 bridgehead atoms. The predicted molar refractivity (Wildman–Crippen MR) is 127 cm³/mol. The van der Waals surface area contributed by atoms with Crippen molar-refractivity contribution in [1.82, 2.24) is 0 Å². The second-order valence-electron chi connectivity index (χ2n) is 7.07. The van der Waals surface area contributed by atoms with Gasteiger partial charge in [-0.25, -0.2) is 0 Å². The Kier molecular flexibility index (Phi) is 7.46. The van der Waals surface area contributed by atoms with Gasteiger partial charge >= 0.3 is 6.18 Å². The zero-order valence-electron chi connectivity index (χ0n) is 17.2. The van der Waals surface area contributed by atoms with Crippen molar-refractivity contribution in [2.45, 2.75) is 13.1 Å². The van der Waals surface area contributed by atoms with E-state index in [1.807, 2.05) is 6.92 Å². The lowest BCUT2D eigenvalue weighted by Crippen LogP contribution is -2.20. The van der Waals surface area contributed by atoms with Crippen molar-refractivity contribution in [3.8, 4) is 0 Å². The van der Waals surface area contributed by atoms with Gasteiger partial charge in [-0.1, -0.05) is 53.5 Å². The minimum Gasteiger partial charge on any atom is -0.354 e. The highest BCUT2D eigenvalue weighted by atomic mass is 35.5. The van der Waals surface area contributed by atoms with Crippen LogP contribution in [-0.4, -0.2) is 17.8 Å². The largest absolute Gasteiger partial charge is 0.432 e. The van der Waals surface area contributed by atoms with E-state index in [0.29, 0.717) is 38.6 Å². The molecular weight excluding hydrogens is 474 g/mol. The SMILES string of the molecule is Cc1ccc(Cl)cc1NC(=O)c1ccc(/C(=C/C(=N)C(F)(F)F)Nc2ccccc2Cl)cc1. The lowest BCUT2D eigenvalue weighted by atomic mass is 10.1. The highest BCUT2D eigenvalue weighted by molar-refractivity contribution is 6.33. The van der Waals surface area contributed by atoms with Gasteiger partial charge in [0.05, 0.1) is 10.7 Å². The number of para-hydroxylation sites is 1. The van der Waals surface area contributed by atoms with E-state index >= 15 is 0 Å². The van der Waals surface area contributed by atoms with Crippen LogP contribution in [0.1, 0.15) is 21.5 Å². The summed E-state index contributed by atoms with van der Waals surface area (Å²) in [6.45, 7) is 1.82. The summed E-state index contributed by atoms with van der Waals surface area (Å²) in [6, 6.07) is 17.6. The zero-order chi connectivity index (χ0) is 24.2. The average Bonchev–Trinajstić information content (AvgIpc) is 2.76. The summed E-state index contributed by atoms with van der Waals surface area (Å²) in [7, 11) is 0. The molecule has 0 aliphatic carbocycles. The monoisotopic (exact) mass is 491 g/mol. The maximum atomic E-state index is 13.0. The third-order valence-corrected chi connectivity index (χ3v) is 5.21. The molecule has 0 aliphatic rings. The van der Waals surface area contributed by atoms with Gasteiger partial charge in [-0.15, -0.1) is 0 Å². The molecule has 0 saturated heterocycles. The number of rotatable bonds is 6.